The number of hydrogen-bond acceptors (Lipinski definition) is 5. The number of nitrogens with one attached hydrogen (secondary N) is 3. The molecule has 3 aliphatic rings. The Hall–Kier alpha value is -1.38. The first kappa shape index (κ1) is 19.9. The molecule has 1 aliphatic carbocycles. The van der Waals surface area contributed by atoms with Crippen LogP contribution in [-0.2, 0) is 9.59 Å². The number of hydrogen-bond donors (Lipinski definition) is 3. The first-order valence-corrected chi connectivity index (χ1v) is 8.84. The predicted molar refractivity (Wildman–Crippen MR) is 95.6 cm³/mol. The molecule has 1 atom stereocenters. The summed E-state index contributed by atoms with van der Waals surface area (Å²) in [4.78, 5) is 39.9. The van der Waals surface area contributed by atoms with Gasteiger partial charge in [-0.1, -0.05) is 0 Å². The van der Waals surface area contributed by atoms with Crippen LogP contribution in [0, 0.1) is 5.92 Å². The molecular weight excluding hydrogens is 346 g/mol. The smallest absolute Gasteiger partial charge is 0.325 e. The van der Waals surface area contributed by atoms with Crippen molar-refractivity contribution in [2.75, 3.05) is 45.8 Å². The van der Waals surface area contributed by atoms with Gasteiger partial charge in [-0.05, 0) is 38.6 Å². The highest BCUT2D eigenvalue weighted by molar-refractivity contribution is 6.09. The van der Waals surface area contributed by atoms with E-state index >= 15 is 0 Å². The van der Waals surface area contributed by atoms with Crippen molar-refractivity contribution in [2.45, 2.75) is 31.7 Å². The maximum atomic E-state index is 12.4. The van der Waals surface area contributed by atoms with Gasteiger partial charge in [-0.25, -0.2) is 4.79 Å². The van der Waals surface area contributed by atoms with Gasteiger partial charge in [-0.2, -0.15) is 0 Å². The van der Waals surface area contributed by atoms with Gasteiger partial charge < -0.3 is 20.9 Å². The maximum Gasteiger partial charge on any atom is 0.325 e. The zero-order valence-electron chi connectivity index (χ0n) is 14.7. The number of carbonyl (C=O) groups excluding carboxylic acids is 3. The quantitative estimate of drug-likeness (QED) is 0.415. The third kappa shape index (κ3) is 4.62. The van der Waals surface area contributed by atoms with Gasteiger partial charge in [0.1, 0.15) is 12.1 Å². The molecule has 2 aliphatic heterocycles. The van der Waals surface area contributed by atoms with E-state index in [0.717, 1.165) is 56.9 Å². The van der Waals surface area contributed by atoms with Gasteiger partial charge in [-0.15, -0.1) is 12.4 Å². The summed E-state index contributed by atoms with van der Waals surface area (Å²) in [7, 11) is 0. The van der Waals surface area contributed by atoms with E-state index in [-0.39, 0.29) is 36.7 Å². The number of nitrogens with zero attached hydrogens (tertiary/aromatic N) is 2. The fourth-order valence-corrected chi connectivity index (χ4v) is 3.46. The fourth-order valence-electron chi connectivity index (χ4n) is 3.46. The molecule has 3 fully saturated rings. The SMILES string of the molecule is CC1(C2CC2)NC(=O)N(CC(=O)NCCCN2CCNCC2)C1=O.Cl. The van der Waals surface area contributed by atoms with Gasteiger partial charge in [0.05, 0.1) is 0 Å². The summed E-state index contributed by atoms with van der Waals surface area (Å²) in [6.45, 7) is 7.18. The van der Waals surface area contributed by atoms with Crippen molar-refractivity contribution in [3.8, 4) is 0 Å². The van der Waals surface area contributed by atoms with E-state index < -0.39 is 11.6 Å². The van der Waals surface area contributed by atoms with E-state index in [0.29, 0.717) is 6.54 Å². The van der Waals surface area contributed by atoms with Crippen molar-refractivity contribution in [1.82, 2.24) is 25.8 Å². The summed E-state index contributed by atoms with van der Waals surface area (Å²) in [5.74, 6) is -0.342. The zero-order valence-corrected chi connectivity index (χ0v) is 15.5. The van der Waals surface area contributed by atoms with Gasteiger partial charge in [0.2, 0.25) is 5.91 Å². The number of piperazine rings is 1. The van der Waals surface area contributed by atoms with Crippen molar-refractivity contribution in [3.63, 3.8) is 0 Å². The normalized spacial score (nSPS) is 27.0. The summed E-state index contributed by atoms with van der Waals surface area (Å²) in [6.07, 6.45) is 2.77. The Kier molecular flexibility index (Phi) is 6.65. The maximum absolute atomic E-state index is 12.4. The van der Waals surface area contributed by atoms with Crippen molar-refractivity contribution >= 4 is 30.3 Å². The highest BCUT2D eigenvalue weighted by Gasteiger charge is 2.56. The Morgan fingerprint density at radius 3 is 2.60 bits per heavy atom. The number of halogens is 1. The molecule has 8 nitrogen and oxygen atoms in total. The first-order chi connectivity index (χ1) is 11.5. The number of amides is 4. The first-order valence-electron chi connectivity index (χ1n) is 8.84. The standard InChI is InChI=1S/C16H27N5O3.ClH/c1-16(12-3-4-12)14(23)21(15(24)19-16)11-13(22)18-5-2-8-20-9-6-17-7-10-20;/h12,17H,2-11H2,1H3,(H,18,22)(H,19,24);1H. The van der Waals surface area contributed by atoms with Crippen LogP contribution in [0.3, 0.4) is 0 Å². The van der Waals surface area contributed by atoms with Crippen LogP contribution in [0.4, 0.5) is 4.79 Å². The van der Waals surface area contributed by atoms with Crippen LogP contribution in [0.1, 0.15) is 26.2 Å². The molecule has 3 N–H and O–H groups in total. The molecule has 9 heteroatoms. The Labute approximate surface area is 154 Å². The van der Waals surface area contributed by atoms with Crippen molar-refractivity contribution < 1.29 is 14.4 Å². The highest BCUT2D eigenvalue weighted by atomic mass is 35.5. The average Bonchev–Trinajstić information content (AvgIpc) is 3.39. The van der Waals surface area contributed by atoms with Crippen LogP contribution in [0.5, 0.6) is 0 Å². The molecule has 0 bridgehead atoms. The lowest BCUT2D eigenvalue weighted by Crippen LogP contribution is -2.47. The van der Waals surface area contributed by atoms with E-state index in [2.05, 4.69) is 20.9 Å². The van der Waals surface area contributed by atoms with Gasteiger partial charge in [0, 0.05) is 32.7 Å². The van der Waals surface area contributed by atoms with Crippen molar-refractivity contribution in [1.29, 1.82) is 0 Å². The van der Waals surface area contributed by atoms with Crippen LogP contribution in [0.2, 0.25) is 0 Å². The van der Waals surface area contributed by atoms with Crippen LogP contribution in [0.25, 0.3) is 0 Å². The van der Waals surface area contributed by atoms with E-state index in [4.69, 9.17) is 0 Å². The second kappa shape index (κ2) is 8.33. The molecule has 0 aromatic carbocycles. The van der Waals surface area contributed by atoms with Crippen molar-refractivity contribution in [3.05, 3.63) is 0 Å². The monoisotopic (exact) mass is 373 g/mol. The number of urea groups is 1. The van der Waals surface area contributed by atoms with E-state index in [1.807, 2.05) is 0 Å². The Bertz CT molecular complexity index is 522. The third-order valence-corrected chi connectivity index (χ3v) is 5.18. The highest BCUT2D eigenvalue weighted by Crippen LogP contribution is 2.42. The summed E-state index contributed by atoms with van der Waals surface area (Å²) in [5.41, 5.74) is -0.820. The van der Waals surface area contributed by atoms with Gasteiger partial charge in [-0.3, -0.25) is 14.5 Å². The van der Waals surface area contributed by atoms with E-state index in [1.165, 1.54) is 0 Å². The Morgan fingerprint density at radius 1 is 1.28 bits per heavy atom. The molecule has 1 saturated carbocycles. The Balaban J connectivity index is 0.00000225. The average molecular weight is 374 g/mol. The van der Waals surface area contributed by atoms with E-state index in [1.54, 1.807) is 6.92 Å². The largest absolute Gasteiger partial charge is 0.354 e. The van der Waals surface area contributed by atoms with Gasteiger partial charge >= 0.3 is 6.03 Å². The minimum absolute atomic E-state index is 0. The minimum atomic E-state index is -0.820. The molecular formula is C16H28ClN5O3. The van der Waals surface area contributed by atoms with Crippen LogP contribution >= 0.6 is 12.4 Å². The van der Waals surface area contributed by atoms with Crippen LogP contribution in [-0.4, -0.2) is 79.0 Å². The molecule has 4 amide bonds. The lowest BCUT2D eigenvalue weighted by Gasteiger charge is -2.27. The summed E-state index contributed by atoms with van der Waals surface area (Å²) in [5, 5.41) is 8.86. The minimum Gasteiger partial charge on any atom is -0.354 e. The molecule has 1 unspecified atom stereocenters. The lowest BCUT2D eigenvalue weighted by molar-refractivity contribution is -0.135. The molecule has 0 spiro atoms. The van der Waals surface area contributed by atoms with Crippen molar-refractivity contribution in [2.24, 2.45) is 5.92 Å². The number of rotatable bonds is 7. The topological polar surface area (TPSA) is 93.8 Å². The molecule has 3 rings (SSSR count). The summed E-state index contributed by atoms with van der Waals surface area (Å²) < 4.78 is 0. The second-order valence-electron chi connectivity index (χ2n) is 7.09. The molecule has 0 aromatic heterocycles. The molecule has 0 radical (unpaired) electrons. The van der Waals surface area contributed by atoms with Gasteiger partial charge in [0.15, 0.2) is 0 Å². The lowest BCUT2D eigenvalue weighted by atomic mass is 9.96. The van der Waals surface area contributed by atoms with Crippen LogP contribution in [0.15, 0.2) is 0 Å². The van der Waals surface area contributed by atoms with E-state index in [9.17, 15) is 14.4 Å². The summed E-state index contributed by atoms with van der Waals surface area (Å²) >= 11 is 0. The molecule has 0 aromatic rings. The molecule has 2 saturated heterocycles. The zero-order chi connectivity index (χ0) is 17.2. The number of imide groups is 1. The summed E-state index contributed by atoms with van der Waals surface area (Å²) in [6, 6.07) is -0.453. The number of carbonyl (C=O) groups is 3. The third-order valence-electron chi connectivity index (χ3n) is 5.18. The van der Waals surface area contributed by atoms with Crippen LogP contribution < -0.4 is 16.0 Å². The predicted octanol–water partition coefficient (Wildman–Crippen LogP) is -0.460. The molecule has 2 heterocycles. The fraction of sp³-hybridized carbons (Fsp3) is 0.812. The second-order valence-corrected chi connectivity index (χ2v) is 7.09. The molecule has 142 valence electrons. The molecule has 25 heavy (non-hydrogen) atoms. The Morgan fingerprint density at radius 2 is 1.96 bits per heavy atom. The van der Waals surface area contributed by atoms with Gasteiger partial charge in [0.25, 0.3) is 5.91 Å².